The molecule has 0 fully saturated rings. The molecule has 8 heteroatoms. The third-order valence-electron chi connectivity index (χ3n) is 2.14. The molecule has 0 bridgehead atoms. The summed E-state index contributed by atoms with van der Waals surface area (Å²) >= 11 is 0. The van der Waals surface area contributed by atoms with Crippen LogP contribution >= 0.6 is 12.4 Å². The topological polar surface area (TPSA) is 26.0 Å². The summed E-state index contributed by atoms with van der Waals surface area (Å²) in [4.78, 5) is 0. The summed E-state index contributed by atoms with van der Waals surface area (Å²) in [5.74, 6) is 0. The van der Waals surface area contributed by atoms with Crippen LogP contribution in [-0.4, -0.2) is 0 Å². The fourth-order valence-electron chi connectivity index (χ4n) is 1.24. The van der Waals surface area contributed by atoms with E-state index < -0.39 is 29.5 Å². The fourth-order valence-corrected chi connectivity index (χ4v) is 1.24. The van der Waals surface area contributed by atoms with E-state index in [0.717, 1.165) is 0 Å². The van der Waals surface area contributed by atoms with Crippen LogP contribution in [0.3, 0.4) is 0 Å². The summed E-state index contributed by atoms with van der Waals surface area (Å²) in [5.41, 5.74) is 2.41. The Morgan fingerprint density at radius 1 is 0.889 bits per heavy atom. The monoisotopic (exact) mass is 293 g/mol. The van der Waals surface area contributed by atoms with Gasteiger partial charge in [-0.05, 0) is 30.7 Å². The molecule has 0 saturated carbocycles. The molecule has 0 radical (unpaired) electrons. The zero-order valence-corrected chi connectivity index (χ0v) is 9.88. The molecule has 1 aromatic carbocycles. The van der Waals surface area contributed by atoms with Gasteiger partial charge in [0, 0.05) is 6.04 Å². The molecule has 0 amide bonds. The molecular formula is C10H10ClF6N. The molecule has 0 aliphatic carbocycles. The third kappa shape index (κ3) is 4.06. The van der Waals surface area contributed by atoms with Gasteiger partial charge in [0.05, 0.1) is 11.1 Å². The van der Waals surface area contributed by atoms with Gasteiger partial charge in [-0.1, -0.05) is 0 Å². The van der Waals surface area contributed by atoms with Gasteiger partial charge < -0.3 is 5.73 Å². The molecule has 1 nitrogen and oxygen atoms in total. The van der Waals surface area contributed by atoms with Gasteiger partial charge >= 0.3 is 12.4 Å². The Morgan fingerprint density at radius 2 is 1.22 bits per heavy atom. The van der Waals surface area contributed by atoms with Gasteiger partial charge in [-0.15, -0.1) is 12.4 Å². The van der Waals surface area contributed by atoms with Gasteiger partial charge in [0.25, 0.3) is 0 Å². The van der Waals surface area contributed by atoms with Crippen molar-refractivity contribution >= 4 is 12.4 Å². The van der Waals surface area contributed by atoms with E-state index in [1.165, 1.54) is 6.92 Å². The van der Waals surface area contributed by atoms with Gasteiger partial charge in [-0.3, -0.25) is 0 Å². The summed E-state index contributed by atoms with van der Waals surface area (Å²) in [6, 6.07) is 0.421. The number of nitrogens with two attached hydrogens (primary N) is 1. The number of hydrogen-bond donors (Lipinski definition) is 1. The van der Waals surface area contributed by atoms with Crippen LogP contribution in [-0.2, 0) is 12.4 Å². The van der Waals surface area contributed by atoms with Crippen molar-refractivity contribution in [3.63, 3.8) is 0 Å². The van der Waals surface area contributed by atoms with Crippen molar-refractivity contribution in [3.8, 4) is 0 Å². The molecule has 0 saturated heterocycles. The maximum absolute atomic E-state index is 12.4. The Bertz CT molecular complexity index is 378. The molecule has 1 atom stereocenters. The van der Waals surface area contributed by atoms with Crippen LogP contribution in [0.15, 0.2) is 18.2 Å². The SMILES string of the molecule is C[C@@H](N)c1cc(C(F)(F)F)cc(C(F)(F)F)c1.Cl. The van der Waals surface area contributed by atoms with E-state index in [-0.39, 0.29) is 24.0 Å². The average Bonchev–Trinajstić information content (AvgIpc) is 2.14. The molecule has 1 aromatic rings. The fraction of sp³-hybridized carbons (Fsp3) is 0.400. The average molecular weight is 294 g/mol. The Kier molecular flexibility index (Phi) is 5.07. The zero-order valence-electron chi connectivity index (χ0n) is 9.06. The minimum Gasteiger partial charge on any atom is -0.324 e. The van der Waals surface area contributed by atoms with Crippen molar-refractivity contribution < 1.29 is 26.3 Å². The Morgan fingerprint density at radius 3 is 1.44 bits per heavy atom. The molecule has 0 heterocycles. The van der Waals surface area contributed by atoms with Crippen LogP contribution in [0.25, 0.3) is 0 Å². The van der Waals surface area contributed by atoms with Crippen LogP contribution < -0.4 is 5.73 Å². The maximum atomic E-state index is 12.4. The minimum atomic E-state index is -4.83. The van der Waals surface area contributed by atoms with Gasteiger partial charge in [0.1, 0.15) is 0 Å². The third-order valence-corrected chi connectivity index (χ3v) is 2.14. The first-order valence-corrected chi connectivity index (χ1v) is 4.57. The standard InChI is InChI=1S/C10H9F6N.ClH/c1-5(17)6-2-7(9(11,12)13)4-8(3-6)10(14,15)16;/h2-5H,17H2,1H3;1H/t5-;/m1./s1. The van der Waals surface area contributed by atoms with E-state index in [9.17, 15) is 26.3 Å². The molecule has 1 rings (SSSR count). The van der Waals surface area contributed by atoms with Crippen LogP contribution in [0.1, 0.15) is 29.7 Å². The lowest BCUT2D eigenvalue weighted by molar-refractivity contribution is -0.143. The Hall–Kier alpha value is -0.950. The molecule has 0 aromatic heterocycles. The quantitative estimate of drug-likeness (QED) is 0.773. The van der Waals surface area contributed by atoms with Crippen LogP contribution in [0.4, 0.5) is 26.3 Å². The van der Waals surface area contributed by atoms with Crippen molar-refractivity contribution in [3.05, 3.63) is 34.9 Å². The second-order valence-electron chi connectivity index (χ2n) is 3.63. The first-order valence-electron chi connectivity index (χ1n) is 4.57. The van der Waals surface area contributed by atoms with Gasteiger partial charge in [0.2, 0.25) is 0 Å². The van der Waals surface area contributed by atoms with E-state index in [4.69, 9.17) is 5.73 Å². The zero-order chi connectivity index (χ0) is 13.4. The molecular weight excluding hydrogens is 284 g/mol. The van der Waals surface area contributed by atoms with Gasteiger partial charge in [0.15, 0.2) is 0 Å². The lowest BCUT2D eigenvalue weighted by atomic mass is 10.0. The van der Waals surface area contributed by atoms with Crippen LogP contribution in [0.2, 0.25) is 0 Å². The summed E-state index contributed by atoms with van der Waals surface area (Å²) in [7, 11) is 0. The van der Waals surface area contributed by atoms with Gasteiger partial charge in [-0.25, -0.2) is 0 Å². The predicted molar refractivity (Wildman–Crippen MR) is 56.3 cm³/mol. The predicted octanol–water partition coefficient (Wildman–Crippen LogP) is 4.17. The van der Waals surface area contributed by atoms with E-state index in [1.807, 2.05) is 0 Å². The number of hydrogen-bond acceptors (Lipinski definition) is 1. The summed E-state index contributed by atoms with van der Waals surface area (Å²) in [6.45, 7) is 1.32. The van der Waals surface area contributed by atoms with Crippen LogP contribution in [0, 0.1) is 0 Å². The van der Waals surface area contributed by atoms with E-state index in [0.29, 0.717) is 12.1 Å². The molecule has 2 N–H and O–H groups in total. The van der Waals surface area contributed by atoms with E-state index in [1.54, 1.807) is 0 Å². The van der Waals surface area contributed by atoms with E-state index >= 15 is 0 Å². The lowest BCUT2D eigenvalue weighted by Gasteiger charge is -2.15. The van der Waals surface area contributed by atoms with Crippen molar-refractivity contribution in [1.29, 1.82) is 0 Å². The second-order valence-corrected chi connectivity index (χ2v) is 3.63. The molecule has 0 unspecified atom stereocenters. The number of benzene rings is 1. The van der Waals surface area contributed by atoms with Crippen molar-refractivity contribution in [1.82, 2.24) is 0 Å². The van der Waals surface area contributed by atoms with Crippen molar-refractivity contribution in [2.24, 2.45) is 5.73 Å². The lowest BCUT2D eigenvalue weighted by Crippen LogP contribution is -2.14. The van der Waals surface area contributed by atoms with Gasteiger partial charge in [-0.2, -0.15) is 26.3 Å². The molecule has 104 valence electrons. The summed E-state index contributed by atoms with van der Waals surface area (Å²) in [6.07, 6.45) is -9.66. The minimum absolute atomic E-state index is 0. The Labute approximate surface area is 105 Å². The highest BCUT2D eigenvalue weighted by Gasteiger charge is 2.37. The molecule has 0 aliphatic heterocycles. The number of rotatable bonds is 1. The Balaban J connectivity index is 0.00000289. The number of alkyl halides is 6. The molecule has 0 aliphatic rings. The highest BCUT2D eigenvalue weighted by atomic mass is 35.5. The highest BCUT2D eigenvalue weighted by molar-refractivity contribution is 5.85. The van der Waals surface area contributed by atoms with Crippen molar-refractivity contribution in [2.75, 3.05) is 0 Å². The van der Waals surface area contributed by atoms with Crippen molar-refractivity contribution in [2.45, 2.75) is 25.3 Å². The largest absolute Gasteiger partial charge is 0.416 e. The summed E-state index contributed by atoms with van der Waals surface area (Å²) < 4.78 is 74.3. The second kappa shape index (κ2) is 5.36. The number of halogens is 7. The van der Waals surface area contributed by atoms with E-state index in [2.05, 4.69) is 0 Å². The molecule has 18 heavy (non-hydrogen) atoms. The molecule has 0 spiro atoms. The first-order chi connectivity index (χ1) is 7.51. The first kappa shape index (κ1) is 17.1. The smallest absolute Gasteiger partial charge is 0.324 e. The van der Waals surface area contributed by atoms with Crippen LogP contribution in [0.5, 0.6) is 0 Å². The highest BCUT2D eigenvalue weighted by Crippen LogP contribution is 2.37. The normalized spacial score (nSPS) is 14.0. The maximum Gasteiger partial charge on any atom is 0.416 e. The summed E-state index contributed by atoms with van der Waals surface area (Å²) in [5, 5.41) is 0.